The van der Waals surface area contributed by atoms with Crippen molar-refractivity contribution in [1.29, 1.82) is 0 Å². The Morgan fingerprint density at radius 2 is 1.86 bits per heavy atom. The van der Waals surface area contributed by atoms with Gasteiger partial charge in [0.25, 0.3) is 0 Å². The smallest absolute Gasteiger partial charge is 0.147 e. The van der Waals surface area contributed by atoms with Gasteiger partial charge in [0, 0.05) is 15.7 Å². The number of fused-ring (bicyclic) bond motifs is 3. The summed E-state index contributed by atoms with van der Waals surface area (Å²) in [4.78, 5) is 0. The van der Waals surface area contributed by atoms with Crippen molar-refractivity contribution in [3.63, 3.8) is 0 Å². The minimum Gasteiger partial charge on any atom is -0.359 e. The first-order valence-electron chi connectivity index (χ1n) is 7.31. The van der Waals surface area contributed by atoms with Crippen LogP contribution in [0.15, 0.2) is 53.0 Å². The van der Waals surface area contributed by atoms with Gasteiger partial charge in [-0.3, -0.25) is 0 Å². The predicted octanol–water partition coefficient (Wildman–Crippen LogP) is 4.90. The standard InChI is InChI=1S/C18H16BrN3/c1-11-4-3-5-15-16-10-12(2)21-22(16)18(20-17(11)15)13-6-8-14(19)9-7-13/h3-10,18,20H,1-2H3. The van der Waals surface area contributed by atoms with Crippen LogP contribution >= 0.6 is 15.9 Å². The highest BCUT2D eigenvalue weighted by Gasteiger charge is 2.27. The molecule has 0 fully saturated rings. The van der Waals surface area contributed by atoms with Crippen molar-refractivity contribution in [3.8, 4) is 11.3 Å². The maximum Gasteiger partial charge on any atom is 0.147 e. The zero-order valence-electron chi connectivity index (χ0n) is 12.5. The van der Waals surface area contributed by atoms with Gasteiger partial charge in [0.1, 0.15) is 6.17 Å². The molecule has 1 unspecified atom stereocenters. The lowest BCUT2D eigenvalue weighted by molar-refractivity contribution is 0.570. The lowest BCUT2D eigenvalue weighted by Crippen LogP contribution is -2.26. The first-order chi connectivity index (χ1) is 10.6. The van der Waals surface area contributed by atoms with Gasteiger partial charge in [0.15, 0.2) is 0 Å². The van der Waals surface area contributed by atoms with Crippen LogP contribution in [0.2, 0.25) is 0 Å². The minimum absolute atomic E-state index is 0.0189. The first-order valence-corrected chi connectivity index (χ1v) is 8.11. The average Bonchev–Trinajstić information content (AvgIpc) is 2.90. The molecule has 0 saturated carbocycles. The van der Waals surface area contributed by atoms with E-state index in [-0.39, 0.29) is 6.17 Å². The monoisotopic (exact) mass is 353 g/mol. The predicted molar refractivity (Wildman–Crippen MR) is 93.0 cm³/mol. The van der Waals surface area contributed by atoms with Gasteiger partial charge in [0.2, 0.25) is 0 Å². The molecule has 0 amide bonds. The maximum atomic E-state index is 4.70. The third-order valence-corrected chi connectivity index (χ3v) is 4.65. The van der Waals surface area contributed by atoms with Crippen molar-refractivity contribution in [2.75, 3.05) is 5.32 Å². The lowest BCUT2D eigenvalue weighted by Gasteiger charge is -2.30. The summed E-state index contributed by atoms with van der Waals surface area (Å²) < 4.78 is 3.17. The number of hydrogen-bond acceptors (Lipinski definition) is 2. The van der Waals surface area contributed by atoms with Crippen LogP contribution in [0, 0.1) is 13.8 Å². The number of benzene rings is 2. The van der Waals surface area contributed by atoms with E-state index in [9.17, 15) is 0 Å². The van der Waals surface area contributed by atoms with Crippen molar-refractivity contribution in [1.82, 2.24) is 9.78 Å². The van der Waals surface area contributed by atoms with Gasteiger partial charge in [-0.1, -0.05) is 46.3 Å². The lowest BCUT2D eigenvalue weighted by atomic mass is 10.0. The molecule has 3 nitrogen and oxygen atoms in total. The molecule has 1 aliphatic rings. The number of hydrogen-bond donors (Lipinski definition) is 1. The van der Waals surface area contributed by atoms with Crippen LogP contribution in [0.4, 0.5) is 5.69 Å². The van der Waals surface area contributed by atoms with Crippen LogP contribution in [-0.4, -0.2) is 9.78 Å². The second-order valence-corrected chi connectivity index (χ2v) is 6.63. The molecule has 3 aromatic rings. The van der Waals surface area contributed by atoms with Crippen LogP contribution in [0.3, 0.4) is 0 Å². The summed E-state index contributed by atoms with van der Waals surface area (Å²) >= 11 is 3.50. The summed E-state index contributed by atoms with van der Waals surface area (Å²) in [7, 11) is 0. The van der Waals surface area contributed by atoms with Gasteiger partial charge in [-0.05, 0) is 43.2 Å². The zero-order valence-corrected chi connectivity index (χ0v) is 14.1. The average molecular weight is 354 g/mol. The third kappa shape index (κ3) is 2.06. The van der Waals surface area contributed by atoms with Crippen molar-refractivity contribution in [2.24, 2.45) is 0 Å². The van der Waals surface area contributed by atoms with E-state index in [0.717, 1.165) is 10.2 Å². The summed E-state index contributed by atoms with van der Waals surface area (Å²) in [6.45, 7) is 4.18. The number of halogens is 1. The highest BCUT2D eigenvalue weighted by atomic mass is 79.9. The van der Waals surface area contributed by atoms with Gasteiger partial charge in [-0.2, -0.15) is 5.10 Å². The van der Waals surface area contributed by atoms with E-state index in [2.05, 4.69) is 81.4 Å². The number of aryl methyl sites for hydroxylation is 2. The van der Waals surface area contributed by atoms with Crippen LogP contribution < -0.4 is 5.32 Å². The topological polar surface area (TPSA) is 29.9 Å². The van der Waals surface area contributed by atoms with Crippen LogP contribution in [0.25, 0.3) is 11.3 Å². The third-order valence-electron chi connectivity index (χ3n) is 4.12. The first kappa shape index (κ1) is 13.6. The molecule has 0 bridgehead atoms. The molecule has 2 heterocycles. The molecule has 0 aliphatic carbocycles. The highest BCUT2D eigenvalue weighted by molar-refractivity contribution is 9.10. The molecule has 0 saturated heterocycles. The van der Waals surface area contributed by atoms with Crippen molar-refractivity contribution in [2.45, 2.75) is 20.0 Å². The SMILES string of the molecule is Cc1cc2n(n1)C(c1ccc(Br)cc1)Nc1c(C)cccc1-2. The highest BCUT2D eigenvalue weighted by Crippen LogP contribution is 2.40. The molecule has 4 rings (SSSR count). The van der Waals surface area contributed by atoms with E-state index in [1.54, 1.807) is 0 Å². The van der Waals surface area contributed by atoms with E-state index in [0.29, 0.717) is 0 Å². The van der Waals surface area contributed by atoms with Crippen LogP contribution in [-0.2, 0) is 0 Å². The molecule has 2 aromatic carbocycles. The molecular weight excluding hydrogens is 338 g/mol. The molecular formula is C18H16BrN3. The normalized spacial score (nSPS) is 15.9. The second-order valence-electron chi connectivity index (χ2n) is 5.71. The minimum atomic E-state index is 0.0189. The van der Waals surface area contributed by atoms with E-state index in [4.69, 9.17) is 5.10 Å². The fourth-order valence-electron chi connectivity index (χ4n) is 3.05. The Balaban J connectivity index is 1.92. The van der Waals surface area contributed by atoms with Gasteiger partial charge in [0.05, 0.1) is 11.4 Å². The van der Waals surface area contributed by atoms with Crippen molar-refractivity contribution >= 4 is 21.6 Å². The quantitative estimate of drug-likeness (QED) is 0.674. The Hall–Kier alpha value is -2.07. The Labute approximate surface area is 138 Å². The number of rotatable bonds is 1. The van der Waals surface area contributed by atoms with Crippen molar-refractivity contribution < 1.29 is 0 Å². The summed E-state index contributed by atoms with van der Waals surface area (Å²) in [5.41, 5.74) is 7.07. The molecule has 1 N–H and O–H groups in total. The Morgan fingerprint density at radius 3 is 2.64 bits per heavy atom. The van der Waals surface area contributed by atoms with Crippen LogP contribution in [0.1, 0.15) is 23.0 Å². The molecule has 0 radical (unpaired) electrons. The number of anilines is 1. The van der Waals surface area contributed by atoms with E-state index in [1.807, 2.05) is 6.92 Å². The molecule has 0 spiro atoms. The summed E-state index contributed by atoms with van der Waals surface area (Å²) in [5.74, 6) is 0. The Bertz CT molecular complexity index is 849. The molecule has 4 heteroatoms. The second kappa shape index (κ2) is 4.99. The van der Waals surface area contributed by atoms with E-state index >= 15 is 0 Å². The maximum absolute atomic E-state index is 4.70. The van der Waals surface area contributed by atoms with Crippen LogP contribution in [0.5, 0.6) is 0 Å². The number of nitrogens with zero attached hydrogens (tertiary/aromatic N) is 2. The summed E-state index contributed by atoms with van der Waals surface area (Å²) in [6.07, 6.45) is 0.0189. The van der Waals surface area contributed by atoms with Crippen molar-refractivity contribution in [3.05, 3.63) is 69.8 Å². The number of nitrogens with one attached hydrogen (secondary N) is 1. The summed E-state index contributed by atoms with van der Waals surface area (Å²) in [5, 5.41) is 8.36. The van der Waals surface area contributed by atoms with Gasteiger partial charge in [-0.15, -0.1) is 0 Å². The number of aromatic nitrogens is 2. The van der Waals surface area contributed by atoms with E-state index < -0.39 is 0 Å². The molecule has 22 heavy (non-hydrogen) atoms. The fourth-order valence-corrected chi connectivity index (χ4v) is 3.32. The molecule has 110 valence electrons. The Kier molecular flexibility index (Phi) is 3.08. The zero-order chi connectivity index (χ0) is 15.3. The van der Waals surface area contributed by atoms with Gasteiger partial charge >= 0.3 is 0 Å². The fraction of sp³-hybridized carbons (Fsp3) is 0.167. The van der Waals surface area contributed by atoms with E-state index in [1.165, 1.54) is 28.1 Å². The Morgan fingerprint density at radius 1 is 1.09 bits per heavy atom. The largest absolute Gasteiger partial charge is 0.359 e. The van der Waals surface area contributed by atoms with Gasteiger partial charge < -0.3 is 5.32 Å². The summed E-state index contributed by atoms with van der Waals surface area (Å²) in [6, 6.07) is 17.0. The van der Waals surface area contributed by atoms with Gasteiger partial charge in [-0.25, -0.2) is 4.68 Å². The molecule has 1 atom stereocenters. The number of para-hydroxylation sites is 1. The molecule has 1 aliphatic heterocycles. The molecule has 1 aromatic heterocycles.